The van der Waals surface area contributed by atoms with Crippen LogP contribution in [0, 0.1) is 25.2 Å². The number of aromatic nitrogens is 2. The molecule has 2 aromatic carbocycles. The van der Waals surface area contributed by atoms with Crippen LogP contribution in [0.5, 0.6) is 0 Å². The molecule has 0 fully saturated rings. The van der Waals surface area contributed by atoms with Gasteiger partial charge in [-0.15, -0.1) is 0 Å². The van der Waals surface area contributed by atoms with Crippen molar-refractivity contribution in [1.29, 1.82) is 5.26 Å². The molecule has 0 bridgehead atoms. The van der Waals surface area contributed by atoms with Gasteiger partial charge in [0.25, 0.3) is 0 Å². The lowest BCUT2D eigenvalue weighted by molar-refractivity contribution is -0.140. The lowest BCUT2D eigenvalue weighted by atomic mass is 10.1. The van der Waals surface area contributed by atoms with Gasteiger partial charge in [-0.05, 0) is 67.8 Å². The molecule has 3 aromatic rings. The lowest BCUT2D eigenvalue weighted by Crippen LogP contribution is -2.06. The highest BCUT2D eigenvalue weighted by Gasteiger charge is 2.15. The summed E-state index contributed by atoms with van der Waals surface area (Å²) >= 11 is 0. The second kappa shape index (κ2) is 9.72. The van der Waals surface area contributed by atoms with Crippen molar-refractivity contribution in [2.45, 2.75) is 33.3 Å². The quantitative estimate of drug-likeness (QED) is 0.543. The number of nitriles is 1. The van der Waals surface area contributed by atoms with E-state index in [4.69, 9.17) is 14.7 Å². The highest BCUT2D eigenvalue weighted by Crippen LogP contribution is 2.20. The summed E-state index contributed by atoms with van der Waals surface area (Å²) in [4.78, 5) is 23.8. The average Bonchev–Trinajstić information content (AvgIpc) is 3.09. The van der Waals surface area contributed by atoms with Gasteiger partial charge in [0, 0.05) is 12.1 Å². The molecule has 0 radical (unpaired) electrons. The van der Waals surface area contributed by atoms with Crippen LogP contribution in [0.15, 0.2) is 48.5 Å². The Morgan fingerprint density at radius 1 is 1.06 bits per heavy atom. The summed E-state index contributed by atoms with van der Waals surface area (Å²) in [5.41, 5.74) is 5.42. The van der Waals surface area contributed by atoms with Gasteiger partial charge in [-0.3, -0.25) is 4.79 Å². The summed E-state index contributed by atoms with van der Waals surface area (Å²) in [7, 11) is 1.38. The van der Waals surface area contributed by atoms with E-state index >= 15 is 0 Å². The van der Waals surface area contributed by atoms with Crippen LogP contribution < -0.4 is 0 Å². The first-order valence-electron chi connectivity index (χ1n) is 9.81. The molecular formula is C24H23N3O4. The van der Waals surface area contributed by atoms with Crippen molar-refractivity contribution in [3.05, 3.63) is 82.2 Å². The third-order valence-electron chi connectivity index (χ3n) is 5.05. The van der Waals surface area contributed by atoms with Gasteiger partial charge in [0.1, 0.15) is 6.61 Å². The van der Waals surface area contributed by atoms with Crippen LogP contribution in [0.2, 0.25) is 0 Å². The number of nitrogens with zero attached hydrogens (tertiary/aromatic N) is 3. The number of esters is 2. The van der Waals surface area contributed by atoms with Crippen molar-refractivity contribution < 1.29 is 19.1 Å². The Labute approximate surface area is 180 Å². The van der Waals surface area contributed by atoms with E-state index < -0.39 is 5.97 Å². The number of rotatable bonds is 7. The van der Waals surface area contributed by atoms with Crippen molar-refractivity contribution in [2.75, 3.05) is 7.11 Å². The molecule has 3 rings (SSSR count). The molecule has 0 N–H and O–H groups in total. The van der Waals surface area contributed by atoms with Gasteiger partial charge in [0.2, 0.25) is 0 Å². The molecule has 0 aliphatic rings. The van der Waals surface area contributed by atoms with Gasteiger partial charge in [-0.2, -0.15) is 10.4 Å². The fraction of sp³-hybridized carbons (Fsp3) is 0.250. The number of carbonyl (C=O) groups excluding carboxylic acids is 2. The number of hydrogen-bond donors (Lipinski definition) is 0. The smallest absolute Gasteiger partial charge is 0.338 e. The fourth-order valence-electron chi connectivity index (χ4n) is 3.26. The maximum Gasteiger partial charge on any atom is 0.338 e. The molecule has 0 aliphatic heterocycles. The highest BCUT2D eigenvalue weighted by molar-refractivity contribution is 5.89. The molecule has 0 amide bonds. The van der Waals surface area contributed by atoms with Crippen molar-refractivity contribution in [3.63, 3.8) is 0 Å². The predicted molar refractivity (Wildman–Crippen MR) is 114 cm³/mol. The third kappa shape index (κ3) is 5.17. The molecule has 7 nitrogen and oxygen atoms in total. The maximum absolute atomic E-state index is 12.4. The van der Waals surface area contributed by atoms with E-state index in [0.717, 1.165) is 28.2 Å². The van der Waals surface area contributed by atoms with Gasteiger partial charge in [-0.25, -0.2) is 9.48 Å². The lowest BCUT2D eigenvalue weighted by Gasteiger charge is -2.08. The molecule has 158 valence electrons. The number of aryl methyl sites for hydroxylation is 1. The molecule has 1 heterocycles. The summed E-state index contributed by atoms with van der Waals surface area (Å²) in [6.45, 7) is 3.99. The van der Waals surface area contributed by atoms with Crippen molar-refractivity contribution in [2.24, 2.45) is 0 Å². The summed E-state index contributed by atoms with van der Waals surface area (Å²) in [6.07, 6.45) is 0.859. The molecule has 0 spiro atoms. The van der Waals surface area contributed by atoms with Gasteiger partial charge in [0.15, 0.2) is 0 Å². The standard InChI is InChI=1S/C24H23N3O4/c1-16-22(12-13-23(28)30-3)17(2)27(26-16)21-10-8-20(9-11-21)24(29)31-15-19-6-4-18(14-25)5-7-19/h4-11H,12-13,15H2,1-3H3. The van der Waals surface area contributed by atoms with Crippen molar-refractivity contribution in [1.82, 2.24) is 9.78 Å². The van der Waals surface area contributed by atoms with Crippen LogP contribution in [0.4, 0.5) is 0 Å². The Kier molecular flexibility index (Phi) is 6.83. The minimum absolute atomic E-state index is 0.132. The zero-order valence-electron chi connectivity index (χ0n) is 17.7. The van der Waals surface area contributed by atoms with E-state index in [9.17, 15) is 9.59 Å². The largest absolute Gasteiger partial charge is 0.469 e. The summed E-state index contributed by atoms with van der Waals surface area (Å²) < 4.78 is 11.9. The van der Waals surface area contributed by atoms with E-state index in [-0.39, 0.29) is 12.6 Å². The molecule has 7 heteroatoms. The van der Waals surface area contributed by atoms with Crippen molar-refractivity contribution >= 4 is 11.9 Å². The van der Waals surface area contributed by atoms with Gasteiger partial charge in [0.05, 0.1) is 35.7 Å². The molecule has 0 aliphatic carbocycles. The average molecular weight is 417 g/mol. The Hall–Kier alpha value is -3.92. The molecular weight excluding hydrogens is 394 g/mol. The van der Waals surface area contributed by atoms with Crippen LogP contribution in [0.25, 0.3) is 5.69 Å². The summed E-state index contributed by atoms with van der Waals surface area (Å²) in [6, 6.07) is 15.9. The SMILES string of the molecule is COC(=O)CCc1c(C)nn(-c2ccc(C(=O)OCc3ccc(C#N)cc3)cc2)c1C. The summed E-state index contributed by atoms with van der Waals surface area (Å²) in [5, 5.41) is 13.4. The van der Waals surface area contributed by atoms with Crippen LogP contribution in [-0.2, 0) is 27.3 Å². The van der Waals surface area contributed by atoms with Crippen LogP contribution in [0.1, 0.15) is 44.9 Å². The van der Waals surface area contributed by atoms with Gasteiger partial charge in [-0.1, -0.05) is 12.1 Å². The van der Waals surface area contributed by atoms with E-state index in [0.29, 0.717) is 24.0 Å². The van der Waals surface area contributed by atoms with E-state index in [1.165, 1.54) is 7.11 Å². The van der Waals surface area contributed by atoms with Crippen LogP contribution in [0.3, 0.4) is 0 Å². The molecule has 0 saturated heterocycles. The van der Waals surface area contributed by atoms with Gasteiger partial charge >= 0.3 is 11.9 Å². The first-order chi connectivity index (χ1) is 14.9. The molecule has 0 unspecified atom stereocenters. The van der Waals surface area contributed by atoms with Crippen molar-refractivity contribution in [3.8, 4) is 11.8 Å². The second-order valence-electron chi connectivity index (χ2n) is 7.07. The molecule has 0 saturated carbocycles. The zero-order valence-corrected chi connectivity index (χ0v) is 17.7. The fourth-order valence-corrected chi connectivity index (χ4v) is 3.26. The van der Waals surface area contributed by atoms with Crippen LogP contribution >= 0.6 is 0 Å². The number of ether oxygens (including phenoxy) is 2. The Bertz CT molecular complexity index is 1120. The first-order valence-corrected chi connectivity index (χ1v) is 9.81. The normalized spacial score (nSPS) is 10.4. The van der Waals surface area contributed by atoms with Gasteiger partial charge < -0.3 is 9.47 Å². The number of carbonyl (C=O) groups is 2. The monoisotopic (exact) mass is 417 g/mol. The first kappa shape index (κ1) is 21.8. The number of hydrogen-bond acceptors (Lipinski definition) is 6. The number of methoxy groups -OCH3 is 1. The summed E-state index contributed by atoms with van der Waals surface area (Å²) in [5.74, 6) is -0.682. The van der Waals surface area contributed by atoms with E-state index in [1.807, 2.05) is 26.0 Å². The molecule has 1 aromatic heterocycles. The Morgan fingerprint density at radius 3 is 2.35 bits per heavy atom. The van der Waals surface area contributed by atoms with E-state index in [1.54, 1.807) is 41.1 Å². The molecule has 0 atom stereocenters. The van der Waals surface area contributed by atoms with Crippen LogP contribution in [-0.4, -0.2) is 28.8 Å². The minimum atomic E-state index is -0.428. The zero-order chi connectivity index (χ0) is 22.4. The third-order valence-corrected chi connectivity index (χ3v) is 5.05. The maximum atomic E-state index is 12.4. The predicted octanol–water partition coefficient (Wildman–Crippen LogP) is 3.82. The highest BCUT2D eigenvalue weighted by atomic mass is 16.5. The Morgan fingerprint density at radius 2 is 1.74 bits per heavy atom. The van der Waals surface area contributed by atoms with E-state index in [2.05, 4.69) is 11.2 Å². The Balaban J connectivity index is 1.67. The second-order valence-corrected chi connectivity index (χ2v) is 7.07. The number of benzene rings is 2. The minimum Gasteiger partial charge on any atom is -0.469 e. The molecule has 31 heavy (non-hydrogen) atoms. The topological polar surface area (TPSA) is 94.2 Å².